The molecule has 1 aliphatic carbocycles. The van der Waals surface area contributed by atoms with Crippen molar-refractivity contribution in [2.45, 2.75) is 25.3 Å². The van der Waals surface area contributed by atoms with Crippen molar-refractivity contribution in [1.82, 2.24) is 9.97 Å². The first-order valence-electron chi connectivity index (χ1n) is 5.21. The van der Waals surface area contributed by atoms with Gasteiger partial charge in [-0.15, -0.1) is 0 Å². The fraction of sp³-hybridized carbons (Fsp3) is 0.500. The monoisotopic (exact) mass is 284 g/mol. The quantitative estimate of drug-likeness (QED) is 0.858. The minimum Gasteiger partial charge on any atom is -0.327 e. The number of nitrogens with one attached hydrogen (secondary N) is 1. The van der Waals surface area contributed by atoms with Crippen LogP contribution in [0.4, 0.5) is 5.82 Å². The molecular formula is C10H13BrN4O. The molecule has 5 nitrogen and oxygen atoms in total. The van der Waals surface area contributed by atoms with Gasteiger partial charge in [0.05, 0.1) is 18.3 Å². The molecule has 2 atom stereocenters. The maximum absolute atomic E-state index is 11.8. The van der Waals surface area contributed by atoms with Crippen LogP contribution in [0.25, 0.3) is 0 Å². The molecule has 1 aliphatic rings. The number of halogens is 1. The van der Waals surface area contributed by atoms with Crippen LogP contribution >= 0.6 is 15.9 Å². The number of aromatic nitrogens is 2. The number of carbonyl (C=O) groups excluding carboxylic acids is 1. The Bertz CT molecular complexity index is 381. The van der Waals surface area contributed by atoms with Gasteiger partial charge in [0.2, 0.25) is 5.91 Å². The Balaban J connectivity index is 1.99. The second-order valence-corrected chi connectivity index (χ2v) is 4.73. The van der Waals surface area contributed by atoms with Gasteiger partial charge in [0.15, 0.2) is 5.82 Å². The van der Waals surface area contributed by atoms with Gasteiger partial charge in [-0.25, -0.2) is 9.97 Å². The van der Waals surface area contributed by atoms with E-state index in [1.807, 2.05) is 0 Å². The predicted molar refractivity (Wildman–Crippen MR) is 63.7 cm³/mol. The van der Waals surface area contributed by atoms with Gasteiger partial charge in [-0.1, -0.05) is 6.42 Å². The van der Waals surface area contributed by atoms with Crippen molar-refractivity contribution in [2.24, 2.45) is 11.7 Å². The molecule has 1 saturated carbocycles. The summed E-state index contributed by atoms with van der Waals surface area (Å²) in [5, 5.41) is 2.73. The SMILES string of the molecule is NC1CCCC1C(=O)Nc1cnc(Br)cn1. The summed E-state index contributed by atoms with van der Waals surface area (Å²) in [5.74, 6) is 0.319. The molecule has 2 rings (SSSR count). The molecule has 1 fully saturated rings. The van der Waals surface area contributed by atoms with Gasteiger partial charge < -0.3 is 11.1 Å². The molecule has 1 heterocycles. The summed E-state index contributed by atoms with van der Waals surface area (Å²) in [7, 11) is 0. The molecule has 1 amide bonds. The second kappa shape index (κ2) is 4.88. The Morgan fingerprint density at radius 3 is 2.81 bits per heavy atom. The van der Waals surface area contributed by atoms with Crippen LogP contribution in [-0.4, -0.2) is 21.9 Å². The van der Waals surface area contributed by atoms with Gasteiger partial charge in [-0.05, 0) is 28.8 Å². The number of hydrogen-bond donors (Lipinski definition) is 2. The van der Waals surface area contributed by atoms with E-state index in [2.05, 4.69) is 31.2 Å². The van der Waals surface area contributed by atoms with Crippen LogP contribution in [-0.2, 0) is 4.79 Å². The maximum Gasteiger partial charge on any atom is 0.230 e. The van der Waals surface area contributed by atoms with Crippen molar-refractivity contribution in [1.29, 1.82) is 0 Å². The van der Waals surface area contributed by atoms with Gasteiger partial charge in [-0.2, -0.15) is 0 Å². The average molecular weight is 285 g/mol. The minimum atomic E-state index is -0.0922. The second-order valence-electron chi connectivity index (χ2n) is 3.91. The van der Waals surface area contributed by atoms with Crippen molar-refractivity contribution >= 4 is 27.7 Å². The molecule has 16 heavy (non-hydrogen) atoms. The molecule has 0 spiro atoms. The van der Waals surface area contributed by atoms with Crippen LogP contribution in [0.1, 0.15) is 19.3 Å². The fourth-order valence-corrected chi connectivity index (χ4v) is 2.11. The largest absolute Gasteiger partial charge is 0.327 e. The highest BCUT2D eigenvalue weighted by Crippen LogP contribution is 2.24. The van der Waals surface area contributed by atoms with Crippen LogP contribution in [0.5, 0.6) is 0 Å². The molecule has 6 heteroatoms. The molecule has 86 valence electrons. The van der Waals surface area contributed by atoms with E-state index >= 15 is 0 Å². The molecule has 3 N–H and O–H groups in total. The van der Waals surface area contributed by atoms with E-state index in [4.69, 9.17) is 5.73 Å². The number of anilines is 1. The molecule has 2 unspecified atom stereocenters. The van der Waals surface area contributed by atoms with Crippen LogP contribution in [0, 0.1) is 5.92 Å². The zero-order valence-corrected chi connectivity index (χ0v) is 10.3. The van der Waals surface area contributed by atoms with Crippen molar-refractivity contribution in [3.8, 4) is 0 Å². The van der Waals surface area contributed by atoms with Crippen LogP contribution < -0.4 is 11.1 Å². The zero-order valence-electron chi connectivity index (χ0n) is 8.69. The van der Waals surface area contributed by atoms with Crippen molar-refractivity contribution in [3.05, 3.63) is 17.0 Å². The first kappa shape index (κ1) is 11.5. The Kier molecular flexibility index (Phi) is 3.50. The normalized spacial score (nSPS) is 24.4. The summed E-state index contributed by atoms with van der Waals surface area (Å²) in [6.45, 7) is 0. The predicted octanol–water partition coefficient (Wildman–Crippen LogP) is 1.30. The van der Waals surface area contributed by atoms with Crippen LogP contribution in [0.2, 0.25) is 0 Å². The van der Waals surface area contributed by atoms with Gasteiger partial charge in [0.25, 0.3) is 0 Å². The average Bonchev–Trinajstić information content (AvgIpc) is 2.68. The lowest BCUT2D eigenvalue weighted by Crippen LogP contribution is -2.34. The summed E-state index contributed by atoms with van der Waals surface area (Å²) in [4.78, 5) is 19.9. The van der Waals surface area contributed by atoms with E-state index < -0.39 is 0 Å². The smallest absolute Gasteiger partial charge is 0.230 e. The van der Waals surface area contributed by atoms with Gasteiger partial charge in [-0.3, -0.25) is 4.79 Å². The number of nitrogens with zero attached hydrogens (tertiary/aromatic N) is 2. The lowest BCUT2D eigenvalue weighted by molar-refractivity contribution is -0.120. The summed E-state index contributed by atoms with van der Waals surface area (Å²) >= 11 is 3.18. The van der Waals surface area contributed by atoms with E-state index in [0.717, 1.165) is 19.3 Å². The topological polar surface area (TPSA) is 80.9 Å². The first-order chi connectivity index (χ1) is 7.66. The number of amides is 1. The van der Waals surface area contributed by atoms with E-state index in [9.17, 15) is 4.79 Å². The van der Waals surface area contributed by atoms with Crippen molar-refractivity contribution < 1.29 is 4.79 Å². The van der Waals surface area contributed by atoms with Crippen molar-refractivity contribution in [2.75, 3.05) is 5.32 Å². The third-order valence-electron chi connectivity index (χ3n) is 2.78. The van der Waals surface area contributed by atoms with Crippen molar-refractivity contribution in [3.63, 3.8) is 0 Å². The summed E-state index contributed by atoms with van der Waals surface area (Å²) in [6, 6.07) is -0.0246. The highest BCUT2D eigenvalue weighted by Gasteiger charge is 2.30. The standard InChI is InChI=1S/C10H13BrN4O/c11-8-4-14-9(5-13-8)15-10(16)6-2-1-3-7(6)12/h4-7H,1-3,12H2,(H,14,15,16). The number of nitrogens with two attached hydrogens (primary N) is 1. The fourth-order valence-electron chi connectivity index (χ4n) is 1.91. The minimum absolute atomic E-state index is 0.0246. The molecule has 0 saturated heterocycles. The summed E-state index contributed by atoms with van der Waals surface area (Å²) in [6.07, 6.45) is 5.86. The lowest BCUT2D eigenvalue weighted by Gasteiger charge is -2.14. The summed E-state index contributed by atoms with van der Waals surface area (Å²) < 4.78 is 0.642. The number of carbonyl (C=O) groups is 1. The highest BCUT2D eigenvalue weighted by atomic mass is 79.9. The van der Waals surface area contributed by atoms with E-state index in [-0.39, 0.29) is 17.9 Å². The maximum atomic E-state index is 11.8. The molecule has 1 aromatic heterocycles. The zero-order chi connectivity index (χ0) is 11.5. The van der Waals surface area contributed by atoms with Gasteiger partial charge in [0.1, 0.15) is 4.60 Å². The van der Waals surface area contributed by atoms with E-state index in [1.165, 1.54) is 6.20 Å². The Morgan fingerprint density at radius 2 is 2.25 bits per heavy atom. The highest BCUT2D eigenvalue weighted by molar-refractivity contribution is 9.10. The molecule has 0 bridgehead atoms. The Morgan fingerprint density at radius 1 is 1.44 bits per heavy atom. The van der Waals surface area contributed by atoms with E-state index in [0.29, 0.717) is 10.4 Å². The molecule has 0 radical (unpaired) electrons. The van der Waals surface area contributed by atoms with E-state index in [1.54, 1.807) is 6.20 Å². The first-order valence-corrected chi connectivity index (χ1v) is 6.00. The van der Waals surface area contributed by atoms with Crippen LogP contribution in [0.15, 0.2) is 17.0 Å². The molecule has 0 aliphatic heterocycles. The summed E-state index contributed by atoms with van der Waals surface area (Å²) in [5.41, 5.74) is 5.85. The lowest BCUT2D eigenvalue weighted by atomic mass is 10.0. The Hall–Kier alpha value is -1.01. The third-order valence-corrected chi connectivity index (χ3v) is 3.19. The van der Waals surface area contributed by atoms with Crippen LogP contribution in [0.3, 0.4) is 0 Å². The van der Waals surface area contributed by atoms with Gasteiger partial charge in [0, 0.05) is 6.04 Å². The number of hydrogen-bond acceptors (Lipinski definition) is 4. The molecule has 0 aromatic carbocycles. The Labute approximate surface area is 102 Å². The molecule has 1 aromatic rings. The number of rotatable bonds is 2. The third kappa shape index (κ3) is 2.56. The molecular weight excluding hydrogens is 272 g/mol. The van der Waals surface area contributed by atoms with Gasteiger partial charge >= 0.3 is 0 Å².